The van der Waals surface area contributed by atoms with Gasteiger partial charge in [-0.25, -0.2) is 9.37 Å². The van der Waals surface area contributed by atoms with Crippen LogP contribution in [0, 0.1) is 5.82 Å². The standard InChI is InChI=1S/C15H18ClFN4/c1-3-8-18-15-19-9-13(17)14(21-15)20-10(2)11-6-4-5-7-12(11)16/h4-7,9-10H,3,8H2,1-2H3,(H2,18,19,20,21). The van der Waals surface area contributed by atoms with Crippen molar-refractivity contribution in [2.45, 2.75) is 26.3 Å². The Labute approximate surface area is 128 Å². The molecule has 0 amide bonds. The van der Waals surface area contributed by atoms with Gasteiger partial charge in [0, 0.05) is 11.6 Å². The van der Waals surface area contributed by atoms with Crippen LogP contribution in [0.15, 0.2) is 30.5 Å². The molecule has 0 radical (unpaired) electrons. The maximum atomic E-state index is 13.8. The molecular formula is C15H18ClFN4. The summed E-state index contributed by atoms with van der Waals surface area (Å²) in [5.74, 6) is 0.0825. The Morgan fingerprint density at radius 1 is 1.33 bits per heavy atom. The van der Waals surface area contributed by atoms with E-state index in [0.29, 0.717) is 11.0 Å². The second kappa shape index (κ2) is 7.22. The van der Waals surface area contributed by atoms with E-state index >= 15 is 0 Å². The number of halogens is 2. The van der Waals surface area contributed by atoms with Gasteiger partial charge in [-0.1, -0.05) is 36.7 Å². The zero-order valence-electron chi connectivity index (χ0n) is 12.0. The van der Waals surface area contributed by atoms with E-state index in [2.05, 4.69) is 20.6 Å². The van der Waals surface area contributed by atoms with E-state index in [1.54, 1.807) is 6.07 Å². The van der Waals surface area contributed by atoms with Crippen molar-refractivity contribution in [3.63, 3.8) is 0 Å². The van der Waals surface area contributed by atoms with Crippen LogP contribution in [-0.2, 0) is 0 Å². The second-order valence-electron chi connectivity index (χ2n) is 4.70. The molecule has 4 nitrogen and oxygen atoms in total. The Kier molecular flexibility index (Phi) is 5.33. The molecule has 2 N–H and O–H groups in total. The first kappa shape index (κ1) is 15.5. The van der Waals surface area contributed by atoms with Gasteiger partial charge in [-0.05, 0) is 25.0 Å². The smallest absolute Gasteiger partial charge is 0.224 e. The van der Waals surface area contributed by atoms with Gasteiger partial charge in [0.1, 0.15) is 0 Å². The van der Waals surface area contributed by atoms with E-state index in [-0.39, 0.29) is 11.9 Å². The molecule has 1 aromatic heterocycles. The van der Waals surface area contributed by atoms with E-state index < -0.39 is 5.82 Å². The predicted molar refractivity (Wildman–Crippen MR) is 84.3 cm³/mol. The Morgan fingerprint density at radius 2 is 2.10 bits per heavy atom. The van der Waals surface area contributed by atoms with E-state index in [1.807, 2.05) is 32.0 Å². The fourth-order valence-corrected chi connectivity index (χ4v) is 2.20. The molecule has 1 atom stereocenters. The van der Waals surface area contributed by atoms with Gasteiger partial charge in [0.2, 0.25) is 5.95 Å². The van der Waals surface area contributed by atoms with Crippen molar-refractivity contribution in [2.75, 3.05) is 17.2 Å². The molecule has 1 heterocycles. The summed E-state index contributed by atoms with van der Waals surface area (Å²) < 4.78 is 13.8. The summed E-state index contributed by atoms with van der Waals surface area (Å²) in [6, 6.07) is 7.29. The molecular weight excluding hydrogens is 291 g/mol. The van der Waals surface area contributed by atoms with Crippen LogP contribution in [0.3, 0.4) is 0 Å². The largest absolute Gasteiger partial charge is 0.361 e. The third-order valence-corrected chi connectivity index (χ3v) is 3.35. The van der Waals surface area contributed by atoms with Crippen molar-refractivity contribution in [1.82, 2.24) is 9.97 Å². The van der Waals surface area contributed by atoms with Gasteiger partial charge >= 0.3 is 0 Å². The molecule has 0 spiro atoms. The van der Waals surface area contributed by atoms with Crippen LogP contribution < -0.4 is 10.6 Å². The molecule has 0 aliphatic carbocycles. The highest BCUT2D eigenvalue weighted by atomic mass is 35.5. The lowest BCUT2D eigenvalue weighted by Crippen LogP contribution is -2.12. The molecule has 0 aliphatic heterocycles. The fourth-order valence-electron chi connectivity index (χ4n) is 1.90. The average Bonchev–Trinajstić information content (AvgIpc) is 2.48. The fraction of sp³-hybridized carbons (Fsp3) is 0.333. The number of hydrogen-bond acceptors (Lipinski definition) is 4. The Morgan fingerprint density at radius 3 is 2.81 bits per heavy atom. The van der Waals surface area contributed by atoms with Gasteiger partial charge in [0.05, 0.1) is 12.2 Å². The van der Waals surface area contributed by atoms with Gasteiger partial charge in [0.25, 0.3) is 0 Å². The van der Waals surface area contributed by atoms with Gasteiger partial charge in [-0.2, -0.15) is 4.98 Å². The lowest BCUT2D eigenvalue weighted by Gasteiger charge is -2.17. The quantitative estimate of drug-likeness (QED) is 0.837. The van der Waals surface area contributed by atoms with Crippen LogP contribution in [0.1, 0.15) is 31.9 Å². The Bertz CT molecular complexity index is 606. The van der Waals surface area contributed by atoms with Gasteiger partial charge in [-0.15, -0.1) is 0 Å². The summed E-state index contributed by atoms with van der Waals surface area (Å²) in [4.78, 5) is 8.06. The number of nitrogens with zero attached hydrogens (tertiary/aromatic N) is 2. The summed E-state index contributed by atoms with van der Waals surface area (Å²) >= 11 is 6.15. The zero-order valence-corrected chi connectivity index (χ0v) is 12.8. The maximum Gasteiger partial charge on any atom is 0.224 e. The van der Waals surface area contributed by atoms with E-state index in [9.17, 15) is 4.39 Å². The highest BCUT2D eigenvalue weighted by Gasteiger charge is 2.13. The van der Waals surface area contributed by atoms with Crippen LogP contribution in [0.25, 0.3) is 0 Å². The minimum atomic E-state index is -0.490. The molecule has 112 valence electrons. The first-order valence-electron chi connectivity index (χ1n) is 6.89. The second-order valence-corrected chi connectivity index (χ2v) is 5.11. The predicted octanol–water partition coefficient (Wildman–Crippen LogP) is 4.26. The summed E-state index contributed by atoms with van der Waals surface area (Å²) in [6.45, 7) is 4.68. The molecule has 0 fully saturated rings. The van der Waals surface area contributed by atoms with Gasteiger partial charge < -0.3 is 10.6 Å². The number of hydrogen-bond donors (Lipinski definition) is 2. The van der Waals surface area contributed by atoms with Crippen molar-refractivity contribution in [2.24, 2.45) is 0 Å². The lowest BCUT2D eigenvalue weighted by atomic mass is 10.1. The normalized spacial score (nSPS) is 12.0. The Hall–Kier alpha value is -1.88. The average molecular weight is 309 g/mol. The van der Waals surface area contributed by atoms with E-state index in [4.69, 9.17) is 11.6 Å². The van der Waals surface area contributed by atoms with Gasteiger partial charge in [0.15, 0.2) is 11.6 Å². The van der Waals surface area contributed by atoms with Crippen LogP contribution in [0.2, 0.25) is 5.02 Å². The van der Waals surface area contributed by atoms with E-state index in [0.717, 1.165) is 24.7 Å². The summed E-state index contributed by atoms with van der Waals surface area (Å²) in [5, 5.41) is 6.70. The van der Waals surface area contributed by atoms with Crippen LogP contribution in [0.4, 0.5) is 16.2 Å². The topological polar surface area (TPSA) is 49.8 Å². The molecule has 0 bridgehead atoms. The van der Waals surface area contributed by atoms with Crippen LogP contribution >= 0.6 is 11.6 Å². The number of nitrogens with one attached hydrogen (secondary N) is 2. The minimum absolute atomic E-state index is 0.163. The molecule has 0 saturated carbocycles. The summed E-state index contributed by atoms with van der Waals surface area (Å²) in [5.41, 5.74) is 0.889. The number of rotatable bonds is 6. The molecule has 1 aromatic carbocycles. The van der Waals surface area contributed by atoms with E-state index in [1.165, 1.54) is 0 Å². The number of aromatic nitrogens is 2. The third-order valence-electron chi connectivity index (χ3n) is 3.00. The highest BCUT2D eigenvalue weighted by molar-refractivity contribution is 6.31. The first-order valence-corrected chi connectivity index (χ1v) is 7.27. The van der Waals surface area contributed by atoms with Crippen LogP contribution in [-0.4, -0.2) is 16.5 Å². The van der Waals surface area contributed by atoms with Crippen LogP contribution in [0.5, 0.6) is 0 Å². The maximum absolute atomic E-state index is 13.8. The number of benzene rings is 1. The monoisotopic (exact) mass is 308 g/mol. The van der Waals surface area contributed by atoms with Crippen molar-refractivity contribution >= 4 is 23.4 Å². The molecule has 1 unspecified atom stereocenters. The van der Waals surface area contributed by atoms with Crippen molar-refractivity contribution in [3.8, 4) is 0 Å². The molecule has 21 heavy (non-hydrogen) atoms. The van der Waals surface area contributed by atoms with Crippen molar-refractivity contribution in [1.29, 1.82) is 0 Å². The SMILES string of the molecule is CCCNc1ncc(F)c(NC(C)c2ccccc2Cl)n1. The Balaban J connectivity index is 2.16. The molecule has 0 saturated heterocycles. The van der Waals surface area contributed by atoms with Gasteiger partial charge in [-0.3, -0.25) is 0 Å². The van der Waals surface area contributed by atoms with Crippen molar-refractivity contribution < 1.29 is 4.39 Å². The highest BCUT2D eigenvalue weighted by Crippen LogP contribution is 2.26. The first-order chi connectivity index (χ1) is 10.1. The molecule has 0 aliphatic rings. The minimum Gasteiger partial charge on any atom is -0.361 e. The molecule has 2 aromatic rings. The lowest BCUT2D eigenvalue weighted by molar-refractivity contribution is 0.614. The third kappa shape index (κ3) is 4.04. The molecule has 6 heteroatoms. The van der Waals surface area contributed by atoms with Crippen molar-refractivity contribution in [3.05, 3.63) is 46.9 Å². The summed E-state index contributed by atoms with van der Waals surface area (Å²) in [6.07, 6.45) is 2.10. The molecule has 2 rings (SSSR count). The summed E-state index contributed by atoms with van der Waals surface area (Å²) in [7, 11) is 0. The number of anilines is 2. The zero-order chi connectivity index (χ0) is 15.2.